The van der Waals surface area contributed by atoms with E-state index in [4.69, 9.17) is 9.41 Å². The Bertz CT molecular complexity index is 2860. The molecule has 0 fully saturated rings. The molecular formula is C41H42N2O10S3. The van der Waals surface area contributed by atoms with Gasteiger partial charge in [-0.15, -0.1) is 0 Å². The van der Waals surface area contributed by atoms with Crippen molar-refractivity contribution in [1.29, 1.82) is 0 Å². The first kappa shape index (κ1) is 40.8. The predicted octanol–water partition coefficient (Wildman–Crippen LogP) is 7.92. The van der Waals surface area contributed by atoms with Crippen molar-refractivity contribution in [2.75, 3.05) is 5.32 Å². The zero-order chi connectivity index (χ0) is 41.0. The van der Waals surface area contributed by atoms with Crippen LogP contribution in [0.25, 0.3) is 33.4 Å². The third-order valence-corrected chi connectivity index (χ3v) is 12.2. The Hall–Kier alpha value is -4.90. The van der Waals surface area contributed by atoms with Crippen molar-refractivity contribution < 1.29 is 43.3 Å². The van der Waals surface area contributed by atoms with E-state index in [-0.39, 0.29) is 20.2 Å². The SMILES string of the molecule is Cc1c2oc3c(C)c(NC(C)(C)Cc4ccc(S(=O)(=O)O)cc4)ccc3c(-c3ccccc3S(=O)(=O)O)c-2ccc1=NC(C)(C)Cc1ccc(S(=O)(=O)O)cc1. The highest BCUT2D eigenvalue weighted by atomic mass is 32.2. The normalized spacial score (nSPS) is 13.4. The molecule has 12 nitrogen and oxygen atoms in total. The summed E-state index contributed by atoms with van der Waals surface area (Å²) in [5, 5.41) is 4.80. The number of nitrogens with one attached hydrogen (secondary N) is 1. The maximum absolute atomic E-state index is 12.7. The van der Waals surface area contributed by atoms with Crippen LogP contribution in [0.5, 0.6) is 0 Å². The van der Waals surface area contributed by atoms with Crippen molar-refractivity contribution in [2.24, 2.45) is 4.99 Å². The zero-order valence-corrected chi connectivity index (χ0v) is 34.0. The van der Waals surface area contributed by atoms with Gasteiger partial charge in [0.2, 0.25) is 0 Å². The number of anilines is 1. The molecule has 4 aromatic carbocycles. The lowest BCUT2D eigenvalue weighted by molar-refractivity contribution is 0.480. The number of hydrogen-bond acceptors (Lipinski definition) is 9. The molecule has 0 saturated heterocycles. The summed E-state index contributed by atoms with van der Waals surface area (Å²) >= 11 is 0. The van der Waals surface area contributed by atoms with Crippen LogP contribution >= 0.6 is 0 Å². The molecule has 0 aromatic heterocycles. The van der Waals surface area contributed by atoms with E-state index in [1.807, 2.05) is 65.8 Å². The molecule has 0 atom stereocenters. The smallest absolute Gasteiger partial charge is 0.295 e. The van der Waals surface area contributed by atoms with E-state index in [1.165, 1.54) is 36.4 Å². The van der Waals surface area contributed by atoms with Gasteiger partial charge in [0, 0.05) is 44.4 Å². The van der Waals surface area contributed by atoms with Crippen LogP contribution in [0.1, 0.15) is 49.9 Å². The van der Waals surface area contributed by atoms with Crippen molar-refractivity contribution in [3.05, 3.63) is 125 Å². The Labute approximate surface area is 326 Å². The Morgan fingerprint density at radius 2 is 1.18 bits per heavy atom. The summed E-state index contributed by atoms with van der Waals surface area (Å²) in [7, 11) is -13.3. The molecule has 0 unspecified atom stereocenters. The summed E-state index contributed by atoms with van der Waals surface area (Å²) in [5.41, 5.74) is 4.41. The Kier molecular flexibility index (Phi) is 10.6. The topological polar surface area (TPSA) is 201 Å². The summed E-state index contributed by atoms with van der Waals surface area (Å²) in [5.74, 6) is 0.450. The minimum Gasteiger partial charge on any atom is -0.455 e. The van der Waals surface area contributed by atoms with Gasteiger partial charge in [-0.05, 0) is 120 Å². The summed E-state index contributed by atoms with van der Waals surface area (Å²) in [6.45, 7) is 11.6. The molecule has 56 heavy (non-hydrogen) atoms. The molecule has 4 aromatic rings. The van der Waals surface area contributed by atoms with E-state index < -0.39 is 41.4 Å². The van der Waals surface area contributed by atoms with Gasteiger partial charge in [0.1, 0.15) is 16.2 Å². The molecule has 0 spiro atoms. The standard InChI is InChI=1S/C41H42N2O10S3/c1-25-34(42-40(3,4)23-27-11-15-29(16-12-27)54(44,45)46)21-19-32-37(31-9-7-8-10-36(31)56(50,51)52)33-20-22-35(26(2)39(33)53-38(25)32)43-41(5,6)24-28-13-17-30(18-14-28)55(47,48)49/h7-22,42H,23-24H2,1-6H3,(H,44,45,46)(H,47,48,49)(H,50,51,52). The molecule has 0 amide bonds. The fourth-order valence-electron chi connectivity index (χ4n) is 7.06. The Balaban J connectivity index is 1.50. The van der Waals surface area contributed by atoms with E-state index >= 15 is 0 Å². The first-order valence-corrected chi connectivity index (χ1v) is 21.8. The van der Waals surface area contributed by atoms with Crippen LogP contribution in [-0.2, 0) is 43.2 Å². The first-order valence-electron chi connectivity index (χ1n) is 17.5. The highest BCUT2D eigenvalue weighted by molar-refractivity contribution is 7.86. The maximum atomic E-state index is 12.7. The first-order chi connectivity index (χ1) is 25.9. The van der Waals surface area contributed by atoms with Crippen LogP contribution < -0.4 is 10.7 Å². The second kappa shape index (κ2) is 14.6. The van der Waals surface area contributed by atoms with Crippen LogP contribution in [0, 0.1) is 13.8 Å². The molecule has 1 aliphatic heterocycles. The summed E-state index contributed by atoms with van der Waals surface area (Å²) in [6, 6.07) is 25.5. The van der Waals surface area contributed by atoms with E-state index in [0.29, 0.717) is 51.6 Å². The van der Waals surface area contributed by atoms with Gasteiger partial charge in [0.25, 0.3) is 30.4 Å². The molecular weight excluding hydrogens is 777 g/mol. The Morgan fingerprint density at radius 3 is 1.73 bits per heavy atom. The van der Waals surface area contributed by atoms with E-state index in [2.05, 4.69) is 5.32 Å². The minimum absolute atomic E-state index is 0.194. The van der Waals surface area contributed by atoms with E-state index in [1.54, 1.807) is 36.4 Å². The highest BCUT2D eigenvalue weighted by Gasteiger charge is 2.28. The molecule has 0 bridgehead atoms. The third-order valence-electron chi connectivity index (χ3n) is 9.58. The number of benzene rings is 5. The number of fused-ring (bicyclic) bond motifs is 2. The van der Waals surface area contributed by atoms with Crippen LogP contribution in [0.2, 0.25) is 0 Å². The second-order valence-corrected chi connectivity index (χ2v) is 19.4. The molecule has 294 valence electrons. The number of nitrogens with zero attached hydrogens (tertiary/aromatic N) is 1. The number of rotatable bonds is 11. The van der Waals surface area contributed by atoms with Gasteiger partial charge >= 0.3 is 0 Å². The fraction of sp³-hybridized carbons (Fsp3) is 0.244. The van der Waals surface area contributed by atoms with Crippen molar-refractivity contribution in [3.8, 4) is 22.5 Å². The lowest BCUT2D eigenvalue weighted by atomic mass is 9.90. The molecule has 0 radical (unpaired) electrons. The maximum Gasteiger partial charge on any atom is 0.295 e. The summed E-state index contributed by atoms with van der Waals surface area (Å²) in [6.07, 6.45) is 0.926. The van der Waals surface area contributed by atoms with Gasteiger partial charge in [0.15, 0.2) is 0 Å². The molecule has 4 N–H and O–H groups in total. The lowest BCUT2D eigenvalue weighted by Gasteiger charge is -2.29. The van der Waals surface area contributed by atoms with Crippen LogP contribution in [0.15, 0.2) is 121 Å². The minimum atomic E-state index is -4.64. The van der Waals surface area contributed by atoms with Crippen LogP contribution in [0.4, 0.5) is 5.69 Å². The molecule has 6 rings (SSSR count). The van der Waals surface area contributed by atoms with Gasteiger partial charge in [0.05, 0.1) is 20.7 Å². The summed E-state index contributed by atoms with van der Waals surface area (Å²) in [4.78, 5) is 4.41. The van der Waals surface area contributed by atoms with Gasteiger partial charge in [-0.1, -0.05) is 42.5 Å². The number of hydrogen-bond donors (Lipinski definition) is 4. The number of aryl methyl sites for hydroxylation is 1. The van der Waals surface area contributed by atoms with Gasteiger partial charge < -0.3 is 9.73 Å². The third kappa shape index (κ3) is 8.73. The van der Waals surface area contributed by atoms with E-state index in [0.717, 1.165) is 22.4 Å². The van der Waals surface area contributed by atoms with Gasteiger partial charge in [-0.3, -0.25) is 18.7 Å². The second-order valence-electron chi connectivity index (χ2n) is 15.2. The molecule has 2 aliphatic rings. The monoisotopic (exact) mass is 818 g/mol. The molecule has 15 heteroatoms. The average Bonchev–Trinajstić information content (AvgIpc) is 3.09. The summed E-state index contributed by atoms with van der Waals surface area (Å²) < 4.78 is 107. The van der Waals surface area contributed by atoms with Gasteiger partial charge in [-0.25, -0.2) is 0 Å². The zero-order valence-electron chi connectivity index (χ0n) is 31.5. The van der Waals surface area contributed by atoms with Crippen molar-refractivity contribution >= 4 is 47.0 Å². The van der Waals surface area contributed by atoms with Crippen molar-refractivity contribution in [2.45, 2.75) is 80.1 Å². The van der Waals surface area contributed by atoms with Crippen LogP contribution in [0.3, 0.4) is 0 Å². The van der Waals surface area contributed by atoms with Crippen molar-refractivity contribution in [3.63, 3.8) is 0 Å². The van der Waals surface area contributed by atoms with E-state index in [9.17, 15) is 38.9 Å². The molecule has 0 saturated carbocycles. The van der Waals surface area contributed by atoms with Gasteiger partial charge in [-0.2, -0.15) is 25.3 Å². The molecule has 1 aliphatic carbocycles. The Morgan fingerprint density at radius 1 is 0.625 bits per heavy atom. The lowest BCUT2D eigenvalue weighted by Crippen LogP contribution is -2.33. The van der Waals surface area contributed by atoms with Crippen LogP contribution in [-0.4, -0.2) is 50.0 Å². The largest absolute Gasteiger partial charge is 0.455 e. The average molecular weight is 819 g/mol. The fourth-order valence-corrected chi connectivity index (χ4v) is 8.72. The highest BCUT2D eigenvalue weighted by Crippen LogP contribution is 2.45. The molecule has 1 heterocycles. The predicted molar refractivity (Wildman–Crippen MR) is 215 cm³/mol. The van der Waals surface area contributed by atoms with Crippen molar-refractivity contribution in [1.82, 2.24) is 0 Å². The quantitative estimate of drug-likeness (QED) is 0.0731.